The monoisotopic (exact) mass is 394 g/mol. The lowest BCUT2D eigenvalue weighted by Crippen LogP contribution is -2.56. The molecular formula is C26H54N2. The van der Waals surface area contributed by atoms with Gasteiger partial charge in [0.25, 0.3) is 0 Å². The van der Waals surface area contributed by atoms with Crippen molar-refractivity contribution in [2.75, 3.05) is 26.2 Å². The maximum absolute atomic E-state index is 2.77. The fourth-order valence-electron chi connectivity index (χ4n) is 4.79. The van der Waals surface area contributed by atoms with Crippen LogP contribution in [0.2, 0.25) is 0 Å². The molecule has 2 heteroatoms. The van der Waals surface area contributed by atoms with E-state index in [0.717, 1.165) is 12.1 Å². The quantitative estimate of drug-likeness (QED) is 0.220. The molecule has 1 saturated heterocycles. The van der Waals surface area contributed by atoms with E-state index in [0.29, 0.717) is 0 Å². The van der Waals surface area contributed by atoms with Gasteiger partial charge in [-0.25, -0.2) is 0 Å². The van der Waals surface area contributed by atoms with Gasteiger partial charge >= 0.3 is 0 Å². The van der Waals surface area contributed by atoms with Crippen LogP contribution in [0.25, 0.3) is 0 Å². The topological polar surface area (TPSA) is 6.48 Å². The van der Waals surface area contributed by atoms with Gasteiger partial charge in [-0.15, -0.1) is 0 Å². The molecule has 0 aromatic heterocycles. The summed E-state index contributed by atoms with van der Waals surface area (Å²) in [6, 6.07) is 1.49. The van der Waals surface area contributed by atoms with Gasteiger partial charge < -0.3 is 0 Å². The lowest BCUT2D eigenvalue weighted by Gasteiger charge is -2.44. The first-order valence-corrected chi connectivity index (χ1v) is 13.2. The van der Waals surface area contributed by atoms with Gasteiger partial charge in [0.1, 0.15) is 0 Å². The third-order valence-corrected chi connectivity index (χ3v) is 6.84. The average Bonchev–Trinajstić information content (AvgIpc) is 2.69. The Kier molecular flexibility index (Phi) is 16.5. The molecule has 0 bridgehead atoms. The van der Waals surface area contributed by atoms with Gasteiger partial charge in [-0.1, -0.05) is 104 Å². The second kappa shape index (κ2) is 17.8. The van der Waals surface area contributed by atoms with Crippen molar-refractivity contribution < 1.29 is 0 Å². The number of unbranched alkanes of at least 4 members (excludes halogenated alkanes) is 14. The summed E-state index contributed by atoms with van der Waals surface area (Å²) in [5, 5.41) is 0. The van der Waals surface area contributed by atoms with Crippen LogP contribution in [0, 0.1) is 0 Å². The largest absolute Gasteiger partial charge is 0.298 e. The highest BCUT2D eigenvalue weighted by molar-refractivity contribution is 4.84. The summed E-state index contributed by atoms with van der Waals surface area (Å²) >= 11 is 0. The van der Waals surface area contributed by atoms with Crippen molar-refractivity contribution in [1.82, 2.24) is 9.80 Å². The van der Waals surface area contributed by atoms with Crippen LogP contribution in [0.4, 0.5) is 0 Å². The molecule has 2 nitrogen and oxygen atoms in total. The summed E-state index contributed by atoms with van der Waals surface area (Å²) in [7, 11) is 0. The maximum atomic E-state index is 2.77. The van der Waals surface area contributed by atoms with Crippen molar-refractivity contribution in [3.8, 4) is 0 Å². The number of nitrogens with zero attached hydrogens (tertiary/aromatic N) is 2. The predicted molar refractivity (Wildman–Crippen MR) is 127 cm³/mol. The Morgan fingerprint density at radius 2 is 0.750 bits per heavy atom. The van der Waals surface area contributed by atoms with Crippen LogP contribution < -0.4 is 0 Å². The molecule has 0 saturated carbocycles. The summed E-state index contributed by atoms with van der Waals surface area (Å²) in [6.07, 6.45) is 22.9. The van der Waals surface area contributed by atoms with Crippen molar-refractivity contribution >= 4 is 0 Å². The van der Waals surface area contributed by atoms with Gasteiger partial charge in [0, 0.05) is 25.2 Å². The van der Waals surface area contributed by atoms with Crippen LogP contribution >= 0.6 is 0 Å². The van der Waals surface area contributed by atoms with Crippen LogP contribution in [-0.4, -0.2) is 48.1 Å². The highest BCUT2D eigenvalue weighted by atomic mass is 15.3. The molecule has 1 rings (SSSR count). The van der Waals surface area contributed by atoms with Gasteiger partial charge in [-0.2, -0.15) is 0 Å². The molecule has 0 amide bonds. The first kappa shape index (κ1) is 26.0. The number of rotatable bonds is 18. The SMILES string of the molecule is CCCCCCCCCCN1CC(C)N(CCCCCCCCCC)CC1C. The first-order chi connectivity index (χ1) is 13.7. The molecule has 0 radical (unpaired) electrons. The molecule has 168 valence electrons. The van der Waals surface area contributed by atoms with Gasteiger partial charge in [0.15, 0.2) is 0 Å². The minimum absolute atomic E-state index is 0.745. The first-order valence-electron chi connectivity index (χ1n) is 13.2. The third-order valence-electron chi connectivity index (χ3n) is 6.84. The summed E-state index contributed by atoms with van der Waals surface area (Å²) in [4.78, 5) is 5.54. The number of piperazine rings is 1. The van der Waals surface area contributed by atoms with Crippen molar-refractivity contribution in [1.29, 1.82) is 0 Å². The second-order valence-electron chi connectivity index (χ2n) is 9.64. The average molecular weight is 395 g/mol. The Balaban J connectivity index is 2.03. The molecule has 0 spiro atoms. The van der Waals surface area contributed by atoms with Gasteiger partial charge in [-0.05, 0) is 39.8 Å². The minimum atomic E-state index is 0.745. The zero-order valence-electron chi connectivity index (χ0n) is 20.2. The highest BCUT2D eigenvalue weighted by Gasteiger charge is 2.27. The fourth-order valence-corrected chi connectivity index (χ4v) is 4.79. The molecule has 1 aliphatic rings. The third kappa shape index (κ3) is 12.5. The molecule has 1 fully saturated rings. The van der Waals surface area contributed by atoms with E-state index < -0.39 is 0 Å². The summed E-state index contributed by atoms with van der Waals surface area (Å²) in [5.74, 6) is 0. The predicted octanol–water partition coefficient (Wildman–Crippen LogP) is 7.66. The van der Waals surface area contributed by atoms with E-state index in [4.69, 9.17) is 0 Å². The fraction of sp³-hybridized carbons (Fsp3) is 1.00. The Labute approximate surface area is 178 Å². The van der Waals surface area contributed by atoms with Crippen LogP contribution in [0.3, 0.4) is 0 Å². The van der Waals surface area contributed by atoms with E-state index in [2.05, 4.69) is 37.5 Å². The summed E-state index contributed by atoms with van der Waals surface area (Å²) < 4.78 is 0. The van der Waals surface area contributed by atoms with Crippen molar-refractivity contribution in [3.63, 3.8) is 0 Å². The summed E-state index contributed by atoms with van der Waals surface area (Å²) in [6.45, 7) is 14.7. The molecule has 0 aromatic rings. The molecule has 1 heterocycles. The van der Waals surface area contributed by atoms with Crippen LogP contribution in [0.5, 0.6) is 0 Å². The van der Waals surface area contributed by atoms with Gasteiger partial charge in [0.2, 0.25) is 0 Å². The Hall–Kier alpha value is -0.0800. The summed E-state index contributed by atoms with van der Waals surface area (Å²) in [5.41, 5.74) is 0. The molecule has 2 unspecified atom stereocenters. The van der Waals surface area contributed by atoms with E-state index in [1.54, 1.807) is 0 Å². The second-order valence-corrected chi connectivity index (χ2v) is 9.64. The molecule has 0 N–H and O–H groups in total. The Morgan fingerprint density at radius 1 is 0.464 bits per heavy atom. The van der Waals surface area contributed by atoms with Crippen molar-refractivity contribution in [2.45, 2.75) is 143 Å². The van der Waals surface area contributed by atoms with Crippen LogP contribution in [0.1, 0.15) is 130 Å². The maximum Gasteiger partial charge on any atom is 0.0195 e. The normalized spacial score (nSPS) is 21.4. The van der Waals surface area contributed by atoms with E-state index in [1.165, 1.54) is 129 Å². The lowest BCUT2D eigenvalue weighted by atomic mass is 10.0. The molecule has 0 aromatic carbocycles. The molecular weight excluding hydrogens is 340 g/mol. The molecule has 2 atom stereocenters. The zero-order chi connectivity index (χ0) is 20.5. The number of hydrogen-bond donors (Lipinski definition) is 0. The van der Waals surface area contributed by atoms with E-state index >= 15 is 0 Å². The molecule has 28 heavy (non-hydrogen) atoms. The number of hydrogen-bond acceptors (Lipinski definition) is 2. The standard InChI is InChI=1S/C26H54N2/c1-5-7-9-11-13-15-17-19-21-27-23-26(4)28(24-25(27)3)22-20-18-16-14-12-10-8-6-2/h25-26H,5-24H2,1-4H3. The van der Waals surface area contributed by atoms with Crippen molar-refractivity contribution in [3.05, 3.63) is 0 Å². The molecule has 0 aliphatic carbocycles. The Morgan fingerprint density at radius 3 is 1.07 bits per heavy atom. The zero-order valence-corrected chi connectivity index (χ0v) is 20.2. The van der Waals surface area contributed by atoms with Crippen LogP contribution in [0.15, 0.2) is 0 Å². The Bertz CT molecular complexity index is 298. The smallest absolute Gasteiger partial charge is 0.0195 e. The van der Waals surface area contributed by atoms with E-state index in [1.807, 2.05) is 0 Å². The van der Waals surface area contributed by atoms with Gasteiger partial charge in [-0.3, -0.25) is 9.80 Å². The van der Waals surface area contributed by atoms with E-state index in [9.17, 15) is 0 Å². The van der Waals surface area contributed by atoms with Crippen LogP contribution in [-0.2, 0) is 0 Å². The lowest BCUT2D eigenvalue weighted by molar-refractivity contribution is 0.0406. The minimum Gasteiger partial charge on any atom is -0.298 e. The van der Waals surface area contributed by atoms with E-state index in [-0.39, 0.29) is 0 Å². The van der Waals surface area contributed by atoms with Crippen molar-refractivity contribution in [2.24, 2.45) is 0 Å². The highest BCUT2D eigenvalue weighted by Crippen LogP contribution is 2.18. The van der Waals surface area contributed by atoms with Gasteiger partial charge in [0.05, 0.1) is 0 Å². The molecule has 1 aliphatic heterocycles.